The molecule has 0 aromatic carbocycles. The van der Waals surface area contributed by atoms with E-state index in [9.17, 15) is 4.79 Å². The summed E-state index contributed by atoms with van der Waals surface area (Å²) < 4.78 is 0. The van der Waals surface area contributed by atoms with E-state index < -0.39 is 0 Å². The molecule has 2 heteroatoms. The van der Waals surface area contributed by atoms with E-state index in [0.717, 1.165) is 24.8 Å². The number of aliphatic hydroxyl groups excluding tert-OH is 1. The van der Waals surface area contributed by atoms with Crippen molar-refractivity contribution in [3.8, 4) is 0 Å². The summed E-state index contributed by atoms with van der Waals surface area (Å²) in [5, 5.41) is 8.93. The molecule has 0 atom stereocenters. The first-order valence-corrected chi connectivity index (χ1v) is 3.87. The van der Waals surface area contributed by atoms with Crippen LogP contribution in [0.3, 0.4) is 0 Å². The molecule has 0 saturated carbocycles. The van der Waals surface area contributed by atoms with E-state index in [0.29, 0.717) is 0 Å². The molecule has 0 aromatic heterocycles. The first-order chi connectivity index (χ1) is 5.24. The van der Waals surface area contributed by atoms with Crippen LogP contribution in [-0.4, -0.2) is 10.9 Å². The number of hydrogen-bond acceptors (Lipinski definition) is 2. The zero-order valence-corrected chi connectivity index (χ0v) is 6.63. The van der Waals surface area contributed by atoms with Crippen molar-refractivity contribution in [2.75, 3.05) is 0 Å². The molecular weight excluding hydrogens is 140 g/mol. The van der Waals surface area contributed by atoms with Gasteiger partial charge in [0, 0.05) is 0 Å². The van der Waals surface area contributed by atoms with Crippen LogP contribution in [0.5, 0.6) is 0 Å². The quantitative estimate of drug-likeness (QED) is 0.658. The minimum Gasteiger partial charge on any atom is -0.504 e. The van der Waals surface area contributed by atoms with Crippen LogP contribution >= 0.6 is 0 Å². The van der Waals surface area contributed by atoms with Crippen LogP contribution < -0.4 is 0 Å². The predicted molar refractivity (Wildman–Crippen MR) is 43.3 cm³/mol. The molecule has 0 saturated heterocycles. The number of carbonyl (C=O) groups is 1. The normalized spacial score (nSPS) is 17.7. The lowest BCUT2D eigenvalue weighted by Gasteiger charge is -2.07. The average molecular weight is 152 g/mol. The molecule has 0 fully saturated rings. The molecule has 0 aliphatic heterocycles. The summed E-state index contributed by atoms with van der Waals surface area (Å²) in [6.07, 6.45) is 5.85. The molecule has 0 radical (unpaired) electrons. The Morgan fingerprint density at radius 3 is 2.91 bits per heavy atom. The Kier molecular flexibility index (Phi) is 2.47. The van der Waals surface area contributed by atoms with E-state index in [1.165, 1.54) is 0 Å². The summed E-state index contributed by atoms with van der Waals surface area (Å²) in [7, 11) is 0. The van der Waals surface area contributed by atoms with Crippen molar-refractivity contribution in [2.24, 2.45) is 0 Å². The maximum absolute atomic E-state index is 10.9. The predicted octanol–water partition coefficient (Wildman–Crippen LogP) is 2.13. The first-order valence-electron chi connectivity index (χ1n) is 3.87. The molecule has 11 heavy (non-hydrogen) atoms. The van der Waals surface area contributed by atoms with Crippen molar-refractivity contribution in [3.05, 3.63) is 23.5 Å². The Bertz CT molecular complexity index is 224. The van der Waals surface area contributed by atoms with E-state index in [4.69, 9.17) is 5.11 Å². The zero-order chi connectivity index (χ0) is 8.27. The molecule has 0 amide bonds. The van der Waals surface area contributed by atoms with Gasteiger partial charge in [-0.15, -0.1) is 0 Å². The summed E-state index contributed by atoms with van der Waals surface area (Å²) in [5.74, 6) is -0.357. The topological polar surface area (TPSA) is 37.3 Å². The highest BCUT2D eigenvalue weighted by atomic mass is 16.3. The molecule has 1 aliphatic carbocycles. The van der Waals surface area contributed by atoms with E-state index in [-0.39, 0.29) is 11.5 Å². The molecule has 0 spiro atoms. The van der Waals surface area contributed by atoms with Gasteiger partial charge in [0.15, 0.2) is 5.76 Å². The van der Waals surface area contributed by atoms with Gasteiger partial charge in [-0.25, -0.2) is 0 Å². The van der Waals surface area contributed by atoms with Gasteiger partial charge in [-0.2, -0.15) is 0 Å². The smallest absolute Gasteiger partial charge is 0.219 e. The third kappa shape index (κ3) is 1.93. The molecule has 0 aromatic rings. The summed E-state index contributed by atoms with van der Waals surface area (Å²) in [4.78, 5) is 10.9. The fraction of sp³-hybridized carbons (Fsp3) is 0.444. The summed E-state index contributed by atoms with van der Waals surface area (Å²) in [6, 6.07) is 0. The fourth-order valence-electron chi connectivity index (χ4n) is 1.14. The SMILES string of the molecule is CCCC1=CC(=O)C(O)=CC1. The third-order valence-corrected chi connectivity index (χ3v) is 1.72. The summed E-state index contributed by atoms with van der Waals surface area (Å²) in [5.41, 5.74) is 1.12. The van der Waals surface area contributed by atoms with Gasteiger partial charge in [0.2, 0.25) is 5.78 Å². The lowest BCUT2D eigenvalue weighted by molar-refractivity contribution is -0.113. The van der Waals surface area contributed by atoms with Gasteiger partial charge in [-0.1, -0.05) is 18.9 Å². The minimum absolute atomic E-state index is 0.107. The van der Waals surface area contributed by atoms with E-state index >= 15 is 0 Å². The van der Waals surface area contributed by atoms with Gasteiger partial charge < -0.3 is 5.11 Å². The van der Waals surface area contributed by atoms with E-state index in [1.54, 1.807) is 12.2 Å². The van der Waals surface area contributed by atoms with Gasteiger partial charge >= 0.3 is 0 Å². The molecular formula is C9H12O2. The van der Waals surface area contributed by atoms with E-state index in [2.05, 4.69) is 6.92 Å². The monoisotopic (exact) mass is 152 g/mol. The number of aliphatic hydroxyl groups is 1. The maximum Gasteiger partial charge on any atom is 0.219 e. The summed E-state index contributed by atoms with van der Waals surface area (Å²) in [6.45, 7) is 2.07. The van der Waals surface area contributed by atoms with Crippen molar-refractivity contribution in [3.63, 3.8) is 0 Å². The molecule has 2 nitrogen and oxygen atoms in total. The van der Waals surface area contributed by atoms with Crippen LogP contribution in [0.15, 0.2) is 23.5 Å². The van der Waals surface area contributed by atoms with Gasteiger partial charge in [0.1, 0.15) is 0 Å². The van der Waals surface area contributed by atoms with Crippen LogP contribution in [0.1, 0.15) is 26.2 Å². The lowest BCUT2D eigenvalue weighted by Crippen LogP contribution is -2.04. The molecule has 0 bridgehead atoms. The van der Waals surface area contributed by atoms with Crippen molar-refractivity contribution in [1.82, 2.24) is 0 Å². The molecule has 1 aliphatic rings. The zero-order valence-electron chi connectivity index (χ0n) is 6.63. The molecule has 0 unspecified atom stereocenters. The number of rotatable bonds is 2. The van der Waals surface area contributed by atoms with Crippen molar-refractivity contribution in [1.29, 1.82) is 0 Å². The highest BCUT2D eigenvalue weighted by Crippen LogP contribution is 2.16. The Labute approximate surface area is 66.2 Å². The van der Waals surface area contributed by atoms with Crippen LogP contribution in [0, 0.1) is 0 Å². The van der Waals surface area contributed by atoms with Gasteiger partial charge in [0.25, 0.3) is 0 Å². The van der Waals surface area contributed by atoms with E-state index in [1.807, 2.05) is 0 Å². The van der Waals surface area contributed by atoms with Gasteiger partial charge in [-0.05, 0) is 25.0 Å². The first kappa shape index (κ1) is 8.05. The molecule has 60 valence electrons. The standard InChI is InChI=1S/C9H12O2/c1-2-3-7-4-5-8(10)9(11)6-7/h5-6,10H,2-4H2,1H3. The Hall–Kier alpha value is -1.05. The van der Waals surface area contributed by atoms with Crippen molar-refractivity contribution >= 4 is 5.78 Å². The molecule has 0 heterocycles. The maximum atomic E-state index is 10.9. The second-order valence-corrected chi connectivity index (χ2v) is 2.71. The molecule has 1 N–H and O–H groups in total. The van der Waals surface area contributed by atoms with Crippen molar-refractivity contribution in [2.45, 2.75) is 26.2 Å². The van der Waals surface area contributed by atoms with Gasteiger partial charge in [0.05, 0.1) is 0 Å². The average Bonchev–Trinajstić information content (AvgIpc) is 1.98. The Morgan fingerprint density at radius 2 is 2.36 bits per heavy atom. The number of allylic oxidation sites excluding steroid dienone is 3. The van der Waals surface area contributed by atoms with Crippen LogP contribution in [0.4, 0.5) is 0 Å². The van der Waals surface area contributed by atoms with Crippen LogP contribution in [0.2, 0.25) is 0 Å². The number of hydrogen-bond donors (Lipinski definition) is 1. The Balaban J connectivity index is 2.62. The molecule has 1 rings (SSSR count). The Morgan fingerprint density at radius 1 is 1.64 bits per heavy atom. The van der Waals surface area contributed by atoms with Crippen LogP contribution in [0.25, 0.3) is 0 Å². The highest BCUT2D eigenvalue weighted by Gasteiger charge is 2.10. The number of carbonyl (C=O) groups excluding carboxylic acids is 1. The lowest BCUT2D eigenvalue weighted by atomic mass is 10.00. The highest BCUT2D eigenvalue weighted by molar-refractivity contribution is 6.03. The van der Waals surface area contributed by atoms with Gasteiger partial charge in [-0.3, -0.25) is 4.79 Å². The largest absolute Gasteiger partial charge is 0.504 e. The third-order valence-electron chi connectivity index (χ3n) is 1.72. The fourth-order valence-corrected chi connectivity index (χ4v) is 1.14. The van der Waals surface area contributed by atoms with Crippen molar-refractivity contribution < 1.29 is 9.90 Å². The summed E-state index contributed by atoms with van der Waals surface area (Å²) >= 11 is 0. The van der Waals surface area contributed by atoms with Crippen LogP contribution in [-0.2, 0) is 4.79 Å². The second-order valence-electron chi connectivity index (χ2n) is 2.71. The minimum atomic E-state index is -0.250. The number of ketones is 1. The second kappa shape index (κ2) is 3.37.